The van der Waals surface area contributed by atoms with E-state index in [2.05, 4.69) is 10.0 Å². The molecule has 0 heterocycles. The third kappa shape index (κ3) is 3.94. The number of halogens is 1. The van der Waals surface area contributed by atoms with Gasteiger partial charge in [0.1, 0.15) is 5.82 Å². The molecule has 2 aromatic carbocycles. The molecule has 0 saturated carbocycles. The highest BCUT2D eigenvalue weighted by atomic mass is 32.2. The first-order valence-corrected chi connectivity index (χ1v) is 8.39. The molecular formula is C16H17FN2O3S. The van der Waals surface area contributed by atoms with Gasteiger partial charge < -0.3 is 5.32 Å². The van der Waals surface area contributed by atoms with E-state index in [1.807, 2.05) is 0 Å². The minimum absolute atomic E-state index is 0.00152. The Labute approximate surface area is 134 Å². The van der Waals surface area contributed by atoms with Gasteiger partial charge in [-0.3, -0.25) is 4.79 Å². The smallest absolute Gasteiger partial charge is 0.251 e. The molecule has 5 nitrogen and oxygen atoms in total. The maximum absolute atomic E-state index is 13.5. The standard InChI is InChI=1S/C16H17FN2O3S/c1-11-7-8-13(23(21,22)18-2)9-14(11)16(20)19-10-12-5-3-4-6-15(12)17/h3-9,18H,10H2,1-2H3,(H,19,20). The van der Waals surface area contributed by atoms with Crippen LogP contribution in [0.3, 0.4) is 0 Å². The average Bonchev–Trinajstić information content (AvgIpc) is 2.54. The molecule has 2 aromatic rings. The van der Waals surface area contributed by atoms with Crippen molar-refractivity contribution in [3.05, 3.63) is 65.0 Å². The van der Waals surface area contributed by atoms with E-state index in [0.717, 1.165) is 0 Å². The van der Waals surface area contributed by atoms with Crippen LogP contribution < -0.4 is 10.0 Å². The number of hydrogen-bond donors (Lipinski definition) is 2. The van der Waals surface area contributed by atoms with Crippen LogP contribution >= 0.6 is 0 Å². The summed E-state index contributed by atoms with van der Waals surface area (Å²) in [7, 11) is -2.34. The Kier molecular flexibility index (Phi) is 5.12. The Morgan fingerprint density at radius 3 is 2.52 bits per heavy atom. The molecule has 0 radical (unpaired) electrons. The van der Waals surface area contributed by atoms with E-state index in [4.69, 9.17) is 0 Å². The van der Waals surface area contributed by atoms with Gasteiger partial charge in [-0.15, -0.1) is 0 Å². The van der Waals surface area contributed by atoms with Crippen molar-refractivity contribution in [3.8, 4) is 0 Å². The zero-order chi connectivity index (χ0) is 17.0. The lowest BCUT2D eigenvalue weighted by Gasteiger charge is -2.10. The van der Waals surface area contributed by atoms with Gasteiger partial charge in [-0.1, -0.05) is 24.3 Å². The highest BCUT2D eigenvalue weighted by Crippen LogP contribution is 2.16. The van der Waals surface area contributed by atoms with Crippen molar-refractivity contribution in [3.63, 3.8) is 0 Å². The molecule has 122 valence electrons. The van der Waals surface area contributed by atoms with Crippen molar-refractivity contribution in [2.24, 2.45) is 0 Å². The number of benzene rings is 2. The monoisotopic (exact) mass is 336 g/mol. The normalized spacial score (nSPS) is 11.3. The number of carbonyl (C=O) groups excluding carboxylic acids is 1. The van der Waals surface area contributed by atoms with Gasteiger partial charge in [0.25, 0.3) is 5.91 Å². The third-order valence-electron chi connectivity index (χ3n) is 3.43. The summed E-state index contributed by atoms with van der Waals surface area (Å²) in [6.45, 7) is 1.72. The second-order valence-corrected chi connectivity index (χ2v) is 6.84. The first kappa shape index (κ1) is 17.1. The van der Waals surface area contributed by atoms with Crippen molar-refractivity contribution < 1.29 is 17.6 Å². The van der Waals surface area contributed by atoms with Gasteiger partial charge in [0.05, 0.1) is 4.90 Å². The van der Waals surface area contributed by atoms with Gasteiger partial charge in [0.15, 0.2) is 0 Å². The van der Waals surface area contributed by atoms with E-state index in [0.29, 0.717) is 11.1 Å². The van der Waals surface area contributed by atoms with Crippen LogP contribution in [0.25, 0.3) is 0 Å². The number of nitrogens with one attached hydrogen (secondary N) is 2. The van der Waals surface area contributed by atoms with E-state index in [1.54, 1.807) is 31.2 Å². The van der Waals surface area contributed by atoms with Crippen LogP contribution in [-0.2, 0) is 16.6 Å². The van der Waals surface area contributed by atoms with Crippen LogP contribution in [0.4, 0.5) is 4.39 Å². The van der Waals surface area contributed by atoms with Gasteiger partial charge in [0, 0.05) is 17.7 Å². The Hall–Kier alpha value is -2.25. The molecule has 0 aromatic heterocycles. The summed E-state index contributed by atoms with van der Waals surface area (Å²) >= 11 is 0. The number of sulfonamides is 1. The van der Waals surface area contributed by atoms with Crippen molar-refractivity contribution in [2.45, 2.75) is 18.4 Å². The lowest BCUT2D eigenvalue weighted by Crippen LogP contribution is -2.25. The largest absolute Gasteiger partial charge is 0.348 e. The molecule has 0 spiro atoms. The van der Waals surface area contributed by atoms with Crippen molar-refractivity contribution in [1.82, 2.24) is 10.0 Å². The number of amides is 1. The van der Waals surface area contributed by atoms with Crippen LogP contribution in [0.1, 0.15) is 21.5 Å². The minimum Gasteiger partial charge on any atom is -0.348 e. The summed E-state index contributed by atoms with van der Waals surface area (Å²) in [6.07, 6.45) is 0. The number of carbonyl (C=O) groups is 1. The fraction of sp³-hybridized carbons (Fsp3) is 0.188. The summed E-state index contributed by atoms with van der Waals surface area (Å²) in [4.78, 5) is 12.3. The average molecular weight is 336 g/mol. The van der Waals surface area contributed by atoms with Crippen LogP contribution in [0, 0.1) is 12.7 Å². The van der Waals surface area contributed by atoms with Gasteiger partial charge >= 0.3 is 0 Å². The second kappa shape index (κ2) is 6.89. The summed E-state index contributed by atoms with van der Waals surface area (Å²) in [5, 5.41) is 2.60. The first-order chi connectivity index (χ1) is 10.8. The van der Waals surface area contributed by atoms with E-state index < -0.39 is 21.7 Å². The maximum atomic E-state index is 13.5. The van der Waals surface area contributed by atoms with Crippen molar-refractivity contribution >= 4 is 15.9 Å². The Bertz CT molecular complexity index is 835. The Morgan fingerprint density at radius 2 is 1.87 bits per heavy atom. The summed E-state index contributed by atoms with van der Waals surface area (Å²) in [5.74, 6) is -0.866. The first-order valence-electron chi connectivity index (χ1n) is 6.91. The number of aryl methyl sites for hydroxylation is 1. The predicted octanol–water partition coefficient (Wildman–Crippen LogP) is 1.97. The highest BCUT2D eigenvalue weighted by molar-refractivity contribution is 7.89. The van der Waals surface area contributed by atoms with E-state index >= 15 is 0 Å². The van der Waals surface area contributed by atoms with Gasteiger partial charge in [-0.2, -0.15) is 0 Å². The number of hydrogen-bond acceptors (Lipinski definition) is 3. The lowest BCUT2D eigenvalue weighted by molar-refractivity contribution is 0.0950. The van der Waals surface area contributed by atoms with Crippen LogP contribution in [-0.4, -0.2) is 21.4 Å². The fourth-order valence-electron chi connectivity index (χ4n) is 2.04. The molecule has 0 bridgehead atoms. The Morgan fingerprint density at radius 1 is 1.17 bits per heavy atom. The molecular weight excluding hydrogens is 319 g/mol. The molecule has 0 aliphatic heterocycles. The molecule has 2 N–H and O–H groups in total. The summed E-state index contributed by atoms with van der Waals surface area (Å²) in [5.41, 5.74) is 1.22. The predicted molar refractivity (Wildman–Crippen MR) is 85.0 cm³/mol. The molecule has 7 heteroatoms. The molecule has 0 atom stereocenters. The topological polar surface area (TPSA) is 75.3 Å². The summed E-state index contributed by atoms with van der Waals surface area (Å²) < 4.78 is 39.4. The molecule has 23 heavy (non-hydrogen) atoms. The molecule has 0 aliphatic rings. The SMILES string of the molecule is CNS(=O)(=O)c1ccc(C)c(C(=O)NCc2ccccc2F)c1. The molecule has 2 rings (SSSR count). The fourth-order valence-corrected chi connectivity index (χ4v) is 2.80. The molecule has 0 saturated heterocycles. The molecule has 1 amide bonds. The van der Waals surface area contributed by atoms with E-state index in [9.17, 15) is 17.6 Å². The maximum Gasteiger partial charge on any atom is 0.251 e. The third-order valence-corrected chi connectivity index (χ3v) is 4.84. The van der Waals surface area contributed by atoms with Crippen LogP contribution in [0.5, 0.6) is 0 Å². The zero-order valence-corrected chi connectivity index (χ0v) is 13.6. The zero-order valence-electron chi connectivity index (χ0n) is 12.8. The van der Waals surface area contributed by atoms with Gasteiger partial charge in [-0.05, 0) is 37.7 Å². The quantitative estimate of drug-likeness (QED) is 0.876. The molecule has 0 fully saturated rings. The number of rotatable bonds is 5. The van der Waals surface area contributed by atoms with Crippen LogP contribution in [0.15, 0.2) is 47.4 Å². The van der Waals surface area contributed by atoms with Crippen LogP contribution in [0.2, 0.25) is 0 Å². The molecule has 0 aliphatic carbocycles. The Balaban J connectivity index is 2.22. The van der Waals surface area contributed by atoms with E-state index in [1.165, 1.54) is 25.2 Å². The highest BCUT2D eigenvalue weighted by Gasteiger charge is 2.16. The van der Waals surface area contributed by atoms with Gasteiger partial charge in [-0.25, -0.2) is 17.5 Å². The molecule has 0 unspecified atom stereocenters. The summed E-state index contributed by atoms with van der Waals surface area (Å²) in [6, 6.07) is 10.4. The van der Waals surface area contributed by atoms with Crippen molar-refractivity contribution in [1.29, 1.82) is 0 Å². The second-order valence-electron chi connectivity index (χ2n) is 4.96. The van der Waals surface area contributed by atoms with Gasteiger partial charge in [0.2, 0.25) is 10.0 Å². The van der Waals surface area contributed by atoms with Crippen molar-refractivity contribution in [2.75, 3.05) is 7.05 Å². The minimum atomic E-state index is -3.63. The van der Waals surface area contributed by atoms with E-state index in [-0.39, 0.29) is 17.0 Å². The lowest BCUT2D eigenvalue weighted by atomic mass is 10.1.